The maximum absolute atomic E-state index is 13.1. The Morgan fingerprint density at radius 1 is 0.906 bits per heavy atom. The van der Waals surface area contributed by atoms with Crippen LogP contribution in [0.3, 0.4) is 0 Å². The lowest BCUT2D eigenvalue weighted by Crippen LogP contribution is -2.50. The van der Waals surface area contributed by atoms with Gasteiger partial charge in [-0.05, 0) is 42.8 Å². The Morgan fingerprint density at radius 3 is 2.25 bits per heavy atom. The summed E-state index contributed by atoms with van der Waals surface area (Å²) in [5.74, 6) is -0.122. The molecule has 1 aromatic heterocycles. The highest BCUT2D eigenvalue weighted by Gasteiger charge is 2.30. The van der Waals surface area contributed by atoms with Crippen molar-refractivity contribution in [1.29, 1.82) is 0 Å². The van der Waals surface area contributed by atoms with Gasteiger partial charge in [-0.25, -0.2) is 8.42 Å². The van der Waals surface area contributed by atoms with Gasteiger partial charge >= 0.3 is 0 Å². The zero-order valence-electron chi connectivity index (χ0n) is 18.2. The number of thiophene rings is 1. The molecule has 8 heteroatoms. The highest BCUT2D eigenvalue weighted by atomic mass is 32.2. The lowest BCUT2D eigenvalue weighted by Gasteiger charge is -2.34. The second kappa shape index (κ2) is 9.13. The second-order valence-corrected chi connectivity index (χ2v) is 11.4. The van der Waals surface area contributed by atoms with E-state index in [0.29, 0.717) is 18.7 Å². The van der Waals surface area contributed by atoms with E-state index in [0.717, 1.165) is 20.5 Å². The van der Waals surface area contributed by atoms with Crippen molar-refractivity contribution in [1.82, 2.24) is 9.21 Å². The van der Waals surface area contributed by atoms with Crippen molar-refractivity contribution < 1.29 is 18.0 Å². The molecule has 1 saturated heterocycles. The molecule has 0 bridgehead atoms. The lowest BCUT2D eigenvalue weighted by atomic mass is 10.1. The van der Waals surface area contributed by atoms with Gasteiger partial charge in [-0.2, -0.15) is 4.31 Å². The van der Waals surface area contributed by atoms with Gasteiger partial charge in [-0.15, -0.1) is 11.3 Å². The topological polar surface area (TPSA) is 74.8 Å². The third kappa shape index (κ3) is 4.62. The van der Waals surface area contributed by atoms with Gasteiger partial charge in [-0.3, -0.25) is 9.59 Å². The summed E-state index contributed by atoms with van der Waals surface area (Å²) in [6.45, 7) is 5.04. The van der Waals surface area contributed by atoms with Crippen LogP contribution in [0, 0.1) is 13.8 Å². The first kappa shape index (κ1) is 22.6. The molecule has 0 radical (unpaired) electrons. The second-order valence-electron chi connectivity index (χ2n) is 8.04. The van der Waals surface area contributed by atoms with E-state index in [1.54, 1.807) is 28.4 Å². The van der Waals surface area contributed by atoms with Gasteiger partial charge in [0.2, 0.25) is 15.9 Å². The fourth-order valence-electron chi connectivity index (χ4n) is 4.08. The molecule has 168 valence electrons. The summed E-state index contributed by atoms with van der Waals surface area (Å²) in [5, 5.41) is 1.87. The number of nitrogens with zero attached hydrogens (tertiary/aromatic N) is 2. The van der Waals surface area contributed by atoms with Gasteiger partial charge < -0.3 is 4.90 Å². The Bertz CT molecular complexity index is 1270. The number of piperazine rings is 1. The summed E-state index contributed by atoms with van der Waals surface area (Å²) in [6, 6.07) is 14.7. The summed E-state index contributed by atoms with van der Waals surface area (Å²) < 4.78 is 27.6. The molecule has 1 amide bonds. The number of aryl methyl sites for hydroxylation is 2. The van der Waals surface area contributed by atoms with E-state index in [1.165, 1.54) is 4.31 Å². The number of amides is 1. The SMILES string of the molecule is Cc1cc(C(=O)CCC(=O)N2CCN(S(=O)(=O)c3ccc4ccccc4c3)CC2)c(C)s1. The van der Waals surface area contributed by atoms with Gasteiger partial charge in [0, 0.05) is 54.3 Å². The fraction of sp³-hybridized carbons (Fsp3) is 0.333. The number of carbonyl (C=O) groups is 2. The third-order valence-electron chi connectivity index (χ3n) is 5.86. The minimum Gasteiger partial charge on any atom is -0.340 e. The number of rotatable bonds is 6. The van der Waals surface area contributed by atoms with E-state index in [2.05, 4.69) is 0 Å². The monoisotopic (exact) mass is 470 g/mol. The van der Waals surface area contributed by atoms with E-state index in [-0.39, 0.29) is 42.5 Å². The van der Waals surface area contributed by atoms with Gasteiger partial charge in [0.15, 0.2) is 5.78 Å². The molecule has 0 atom stereocenters. The van der Waals surface area contributed by atoms with Crippen LogP contribution in [0.2, 0.25) is 0 Å². The fourth-order valence-corrected chi connectivity index (χ4v) is 6.48. The molecule has 6 nitrogen and oxygen atoms in total. The Morgan fingerprint density at radius 2 is 1.59 bits per heavy atom. The molecule has 3 aromatic rings. The van der Waals surface area contributed by atoms with Crippen molar-refractivity contribution in [3.63, 3.8) is 0 Å². The summed E-state index contributed by atoms with van der Waals surface area (Å²) in [6.07, 6.45) is 0.316. The van der Waals surface area contributed by atoms with Crippen molar-refractivity contribution in [3.05, 3.63) is 63.8 Å². The molecule has 0 saturated carbocycles. The van der Waals surface area contributed by atoms with Crippen LogP contribution in [0.5, 0.6) is 0 Å². The van der Waals surface area contributed by atoms with Crippen molar-refractivity contribution in [2.24, 2.45) is 0 Å². The number of benzene rings is 2. The molecule has 4 rings (SSSR count). The summed E-state index contributed by atoms with van der Waals surface area (Å²) >= 11 is 1.58. The molecule has 0 N–H and O–H groups in total. The molecule has 0 spiro atoms. The minimum absolute atomic E-state index is 0.0160. The van der Waals surface area contributed by atoms with Crippen molar-refractivity contribution in [2.75, 3.05) is 26.2 Å². The number of fused-ring (bicyclic) bond motifs is 1. The quantitative estimate of drug-likeness (QED) is 0.510. The van der Waals surface area contributed by atoms with Crippen LogP contribution in [-0.4, -0.2) is 55.5 Å². The number of carbonyl (C=O) groups excluding carboxylic acids is 2. The molecule has 0 unspecified atom stereocenters. The highest BCUT2D eigenvalue weighted by molar-refractivity contribution is 7.89. The molecule has 32 heavy (non-hydrogen) atoms. The van der Waals surface area contributed by atoms with Crippen LogP contribution in [-0.2, 0) is 14.8 Å². The van der Waals surface area contributed by atoms with E-state index < -0.39 is 10.0 Å². The maximum Gasteiger partial charge on any atom is 0.243 e. The summed E-state index contributed by atoms with van der Waals surface area (Å²) in [4.78, 5) is 29.0. The van der Waals surface area contributed by atoms with E-state index in [4.69, 9.17) is 0 Å². The zero-order chi connectivity index (χ0) is 22.9. The first-order chi connectivity index (χ1) is 15.3. The number of hydrogen-bond acceptors (Lipinski definition) is 5. The Labute approximate surface area is 192 Å². The molecule has 2 heterocycles. The predicted octanol–water partition coefficient (Wildman–Crippen LogP) is 4.01. The first-order valence-electron chi connectivity index (χ1n) is 10.6. The van der Waals surface area contributed by atoms with Crippen LogP contribution in [0.1, 0.15) is 33.0 Å². The Kier molecular flexibility index (Phi) is 6.46. The molecule has 1 aliphatic rings. The number of ketones is 1. The van der Waals surface area contributed by atoms with Gasteiger partial charge in [0.1, 0.15) is 0 Å². The maximum atomic E-state index is 13.1. The average molecular weight is 471 g/mol. The van der Waals surface area contributed by atoms with E-state index in [1.807, 2.05) is 50.2 Å². The number of Topliss-reactive ketones (excluding diaryl/α,β-unsaturated/α-hetero) is 1. The molecule has 2 aromatic carbocycles. The summed E-state index contributed by atoms with van der Waals surface area (Å²) in [5.41, 5.74) is 0.701. The van der Waals surface area contributed by atoms with Gasteiger partial charge in [0.25, 0.3) is 0 Å². The molecule has 0 aliphatic carbocycles. The standard InChI is InChI=1S/C24H26N2O4S2/c1-17-15-22(18(2)31-17)23(27)9-10-24(28)25-11-13-26(14-12-25)32(29,30)21-8-7-19-5-3-4-6-20(19)16-21/h3-8,15-16H,9-14H2,1-2H3. The highest BCUT2D eigenvalue weighted by Crippen LogP contribution is 2.24. The smallest absolute Gasteiger partial charge is 0.243 e. The summed E-state index contributed by atoms with van der Waals surface area (Å²) in [7, 11) is -3.62. The van der Waals surface area contributed by atoms with Crippen LogP contribution in [0.15, 0.2) is 53.4 Å². The lowest BCUT2D eigenvalue weighted by molar-refractivity contribution is -0.132. The first-order valence-corrected chi connectivity index (χ1v) is 12.9. The van der Waals surface area contributed by atoms with Crippen LogP contribution in [0.4, 0.5) is 0 Å². The van der Waals surface area contributed by atoms with E-state index in [9.17, 15) is 18.0 Å². The zero-order valence-corrected chi connectivity index (χ0v) is 19.8. The predicted molar refractivity (Wildman–Crippen MR) is 127 cm³/mol. The molecular weight excluding hydrogens is 444 g/mol. The van der Waals surface area contributed by atoms with Gasteiger partial charge in [0.05, 0.1) is 4.90 Å². The van der Waals surface area contributed by atoms with Gasteiger partial charge in [-0.1, -0.05) is 30.3 Å². The normalized spacial score (nSPS) is 15.2. The van der Waals surface area contributed by atoms with E-state index >= 15 is 0 Å². The van der Waals surface area contributed by atoms with Crippen molar-refractivity contribution in [2.45, 2.75) is 31.6 Å². The van der Waals surface area contributed by atoms with Crippen molar-refractivity contribution >= 4 is 43.8 Å². The van der Waals surface area contributed by atoms with Crippen molar-refractivity contribution in [3.8, 4) is 0 Å². The molecular formula is C24H26N2O4S2. The third-order valence-corrected chi connectivity index (χ3v) is 8.72. The average Bonchev–Trinajstić information content (AvgIpc) is 3.14. The Hall–Kier alpha value is -2.55. The molecule has 1 aliphatic heterocycles. The minimum atomic E-state index is -3.62. The largest absolute Gasteiger partial charge is 0.340 e. The number of hydrogen-bond donors (Lipinski definition) is 0. The van der Waals surface area contributed by atoms with Crippen LogP contribution < -0.4 is 0 Å². The van der Waals surface area contributed by atoms with Crippen LogP contribution in [0.25, 0.3) is 10.8 Å². The Balaban J connectivity index is 1.35. The molecule has 1 fully saturated rings. The van der Waals surface area contributed by atoms with Crippen LogP contribution >= 0.6 is 11.3 Å². The number of sulfonamides is 1.